The zero-order valence-electron chi connectivity index (χ0n) is 10.8. The molecule has 0 heterocycles. The fraction of sp³-hybridized carbons (Fsp3) is 0.125. The molecule has 0 aliphatic carbocycles. The van der Waals surface area contributed by atoms with Crippen molar-refractivity contribution in [1.29, 1.82) is 0 Å². The molecule has 0 amide bonds. The third kappa shape index (κ3) is 3.35. The maximum Gasteiger partial charge on any atom is 0.141 e. The smallest absolute Gasteiger partial charge is 0.141 e. The van der Waals surface area contributed by atoms with Crippen molar-refractivity contribution in [2.24, 2.45) is 0 Å². The van der Waals surface area contributed by atoms with Gasteiger partial charge in [-0.3, -0.25) is 5.26 Å². The molecule has 0 bridgehead atoms. The normalized spacial score (nSPS) is 12.2. The molecule has 4 heteroatoms. The SMILES string of the molecule is C=C(c1ccc(-c2ccc(Br)cc2)cc1)C(CO)OO. The van der Waals surface area contributed by atoms with Crippen molar-refractivity contribution in [1.82, 2.24) is 0 Å². The zero-order chi connectivity index (χ0) is 14.5. The molecule has 20 heavy (non-hydrogen) atoms. The van der Waals surface area contributed by atoms with Crippen LogP contribution >= 0.6 is 15.9 Å². The summed E-state index contributed by atoms with van der Waals surface area (Å²) >= 11 is 3.41. The molecule has 1 atom stereocenters. The monoisotopic (exact) mass is 334 g/mol. The summed E-state index contributed by atoms with van der Waals surface area (Å²) in [7, 11) is 0. The van der Waals surface area contributed by atoms with Gasteiger partial charge in [0.15, 0.2) is 0 Å². The number of halogens is 1. The maximum atomic E-state index is 9.07. The summed E-state index contributed by atoms with van der Waals surface area (Å²) in [6.45, 7) is 3.51. The average Bonchev–Trinajstić information content (AvgIpc) is 2.49. The van der Waals surface area contributed by atoms with Crippen molar-refractivity contribution in [2.75, 3.05) is 6.61 Å². The summed E-state index contributed by atoms with van der Waals surface area (Å²) in [6, 6.07) is 15.8. The van der Waals surface area contributed by atoms with Crippen LogP contribution in [0.3, 0.4) is 0 Å². The number of aliphatic hydroxyl groups is 1. The van der Waals surface area contributed by atoms with Crippen LogP contribution in [0.15, 0.2) is 59.6 Å². The van der Waals surface area contributed by atoms with E-state index in [4.69, 9.17) is 10.4 Å². The summed E-state index contributed by atoms with van der Waals surface area (Å²) < 4.78 is 1.04. The molecule has 2 N–H and O–H groups in total. The molecule has 0 aliphatic rings. The number of rotatable bonds is 5. The van der Waals surface area contributed by atoms with E-state index in [0.717, 1.165) is 21.2 Å². The van der Waals surface area contributed by atoms with E-state index in [9.17, 15) is 0 Å². The van der Waals surface area contributed by atoms with Gasteiger partial charge in [0.05, 0.1) is 6.61 Å². The van der Waals surface area contributed by atoms with Crippen LogP contribution < -0.4 is 0 Å². The first-order valence-corrected chi connectivity index (χ1v) is 6.91. The van der Waals surface area contributed by atoms with Gasteiger partial charge in [0, 0.05) is 4.47 Å². The first-order chi connectivity index (χ1) is 9.65. The molecular weight excluding hydrogens is 320 g/mol. The molecule has 0 aromatic heterocycles. The van der Waals surface area contributed by atoms with Gasteiger partial charge in [-0.2, -0.15) is 0 Å². The van der Waals surface area contributed by atoms with Crippen molar-refractivity contribution in [3.63, 3.8) is 0 Å². The van der Waals surface area contributed by atoms with Crippen LogP contribution in [-0.2, 0) is 4.89 Å². The summed E-state index contributed by atoms with van der Waals surface area (Å²) in [5.74, 6) is 0. The number of benzene rings is 2. The topological polar surface area (TPSA) is 49.7 Å². The fourth-order valence-corrected chi connectivity index (χ4v) is 2.18. The second-order valence-electron chi connectivity index (χ2n) is 4.39. The molecule has 0 spiro atoms. The molecule has 3 nitrogen and oxygen atoms in total. The van der Waals surface area contributed by atoms with Crippen molar-refractivity contribution < 1.29 is 15.3 Å². The highest BCUT2D eigenvalue weighted by Gasteiger charge is 2.13. The first kappa shape index (κ1) is 14.9. The summed E-state index contributed by atoms with van der Waals surface area (Å²) in [6.07, 6.45) is -0.798. The van der Waals surface area contributed by atoms with Crippen LogP contribution in [0.5, 0.6) is 0 Å². The molecule has 104 valence electrons. The van der Waals surface area contributed by atoms with Gasteiger partial charge >= 0.3 is 0 Å². The largest absolute Gasteiger partial charge is 0.393 e. The van der Waals surface area contributed by atoms with Crippen LogP contribution in [0.25, 0.3) is 16.7 Å². The van der Waals surface area contributed by atoms with Crippen molar-refractivity contribution in [3.8, 4) is 11.1 Å². The molecule has 0 saturated heterocycles. The lowest BCUT2D eigenvalue weighted by Gasteiger charge is -2.14. The predicted octanol–water partition coefficient (Wildman–Crippen LogP) is 3.98. The molecule has 0 fully saturated rings. The Hall–Kier alpha value is -1.46. The first-order valence-electron chi connectivity index (χ1n) is 6.12. The van der Waals surface area contributed by atoms with Gasteiger partial charge in [0.1, 0.15) is 6.10 Å². The molecular formula is C16H15BrO3. The van der Waals surface area contributed by atoms with E-state index >= 15 is 0 Å². The van der Waals surface area contributed by atoms with Crippen LogP contribution in [0.1, 0.15) is 5.56 Å². The second-order valence-corrected chi connectivity index (χ2v) is 5.30. The Labute approximate surface area is 126 Å². The van der Waals surface area contributed by atoms with Gasteiger partial charge in [-0.05, 0) is 34.4 Å². The van der Waals surface area contributed by atoms with Crippen LogP contribution in [0, 0.1) is 0 Å². The molecule has 0 aliphatic heterocycles. The highest BCUT2D eigenvalue weighted by molar-refractivity contribution is 9.10. The number of hydrogen-bond donors (Lipinski definition) is 2. The third-order valence-electron chi connectivity index (χ3n) is 3.11. The molecule has 1 unspecified atom stereocenters. The Kier molecular flexibility index (Phi) is 5.09. The maximum absolute atomic E-state index is 9.07. The molecule has 2 aromatic carbocycles. The van der Waals surface area contributed by atoms with E-state index < -0.39 is 6.10 Å². The minimum atomic E-state index is -0.798. The van der Waals surface area contributed by atoms with Gasteiger partial charge in [-0.1, -0.05) is 58.9 Å². The van der Waals surface area contributed by atoms with E-state index in [-0.39, 0.29) is 6.61 Å². The molecule has 0 radical (unpaired) electrons. The standard InChI is InChI=1S/C16H15BrO3/c1-11(16(10-18)20-19)12-2-4-13(5-3-12)14-6-8-15(17)9-7-14/h2-9,16,18-19H,1,10H2. The average molecular weight is 335 g/mol. The lowest BCUT2D eigenvalue weighted by atomic mass is 9.99. The Morgan fingerprint density at radius 2 is 1.55 bits per heavy atom. The molecule has 0 saturated carbocycles. The highest BCUT2D eigenvalue weighted by atomic mass is 79.9. The van der Waals surface area contributed by atoms with Crippen LogP contribution in [-0.4, -0.2) is 23.1 Å². The van der Waals surface area contributed by atoms with E-state index in [1.165, 1.54) is 0 Å². The summed E-state index contributed by atoms with van der Waals surface area (Å²) in [5, 5.41) is 17.8. The quantitative estimate of drug-likeness (QED) is 0.642. The lowest BCUT2D eigenvalue weighted by Crippen LogP contribution is -2.17. The van der Waals surface area contributed by atoms with Crippen molar-refractivity contribution >= 4 is 21.5 Å². The predicted molar refractivity (Wildman–Crippen MR) is 83.2 cm³/mol. The van der Waals surface area contributed by atoms with E-state index in [2.05, 4.69) is 27.4 Å². The Morgan fingerprint density at radius 1 is 1.05 bits per heavy atom. The third-order valence-corrected chi connectivity index (χ3v) is 3.64. The summed E-state index contributed by atoms with van der Waals surface area (Å²) in [5.41, 5.74) is 3.55. The zero-order valence-corrected chi connectivity index (χ0v) is 12.4. The minimum absolute atomic E-state index is 0.316. The fourth-order valence-electron chi connectivity index (χ4n) is 1.91. The Bertz CT molecular complexity index is 572. The Morgan fingerprint density at radius 3 is 2.00 bits per heavy atom. The van der Waals surface area contributed by atoms with E-state index in [0.29, 0.717) is 5.57 Å². The van der Waals surface area contributed by atoms with E-state index in [1.807, 2.05) is 48.5 Å². The van der Waals surface area contributed by atoms with Gasteiger partial charge in [0.2, 0.25) is 0 Å². The van der Waals surface area contributed by atoms with Gasteiger partial charge in [-0.15, -0.1) is 0 Å². The molecule has 2 aromatic rings. The highest BCUT2D eigenvalue weighted by Crippen LogP contribution is 2.25. The van der Waals surface area contributed by atoms with Crippen LogP contribution in [0.4, 0.5) is 0 Å². The lowest BCUT2D eigenvalue weighted by molar-refractivity contribution is -0.268. The van der Waals surface area contributed by atoms with Crippen molar-refractivity contribution in [2.45, 2.75) is 6.10 Å². The minimum Gasteiger partial charge on any atom is -0.393 e. The van der Waals surface area contributed by atoms with Gasteiger partial charge in [0.25, 0.3) is 0 Å². The number of hydrogen-bond acceptors (Lipinski definition) is 3. The van der Waals surface area contributed by atoms with E-state index in [1.54, 1.807) is 0 Å². The Balaban J connectivity index is 2.22. The van der Waals surface area contributed by atoms with Crippen molar-refractivity contribution in [3.05, 3.63) is 65.1 Å². The van der Waals surface area contributed by atoms with Gasteiger partial charge < -0.3 is 5.11 Å². The summed E-state index contributed by atoms with van der Waals surface area (Å²) in [4.78, 5) is 4.19. The molecule has 2 rings (SSSR count). The van der Waals surface area contributed by atoms with Crippen LogP contribution in [0.2, 0.25) is 0 Å². The second kappa shape index (κ2) is 6.81. The number of aliphatic hydroxyl groups excluding tert-OH is 1. The van der Waals surface area contributed by atoms with Gasteiger partial charge in [-0.25, -0.2) is 4.89 Å².